The van der Waals surface area contributed by atoms with E-state index in [2.05, 4.69) is 5.32 Å². The molecule has 0 aromatic heterocycles. The van der Waals surface area contributed by atoms with E-state index in [1.54, 1.807) is 25.9 Å². The lowest BCUT2D eigenvalue weighted by atomic mass is 10.1. The van der Waals surface area contributed by atoms with Crippen LogP contribution in [0.4, 0.5) is 0 Å². The average Bonchev–Trinajstić information content (AvgIpc) is 2.52. The lowest BCUT2D eigenvalue weighted by Gasteiger charge is -2.28. The Kier molecular flexibility index (Phi) is 6.72. The smallest absolute Gasteiger partial charge is 0.242 e. The Morgan fingerprint density at radius 2 is 1.86 bits per heavy atom. The fraction of sp³-hybridized carbons (Fsp3) is 0.500. The Bertz CT molecular complexity index is 471. The molecule has 21 heavy (non-hydrogen) atoms. The maximum absolute atomic E-state index is 12.1. The largest absolute Gasteiger partial charge is 0.497 e. The maximum Gasteiger partial charge on any atom is 0.242 e. The van der Waals surface area contributed by atoms with Crippen molar-refractivity contribution in [3.05, 3.63) is 29.8 Å². The van der Waals surface area contributed by atoms with E-state index in [0.717, 1.165) is 11.3 Å². The summed E-state index contributed by atoms with van der Waals surface area (Å²) in [4.78, 5) is 25.7. The minimum Gasteiger partial charge on any atom is -0.497 e. The Balaban J connectivity index is 2.86. The lowest BCUT2D eigenvalue weighted by Crippen LogP contribution is -2.47. The van der Waals surface area contributed by atoms with E-state index in [1.165, 1.54) is 0 Å². The molecule has 2 amide bonds. The number of carbonyl (C=O) groups is 2. The number of amides is 2. The van der Waals surface area contributed by atoms with Gasteiger partial charge >= 0.3 is 0 Å². The van der Waals surface area contributed by atoms with Crippen LogP contribution in [0.2, 0.25) is 0 Å². The summed E-state index contributed by atoms with van der Waals surface area (Å²) in [5, 5.41) is 2.76. The van der Waals surface area contributed by atoms with E-state index in [0.29, 0.717) is 19.5 Å². The van der Waals surface area contributed by atoms with Gasteiger partial charge in [0.2, 0.25) is 11.8 Å². The van der Waals surface area contributed by atoms with Gasteiger partial charge in [0.1, 0.15) is 11.8 Å². The first-order valence-corrected chi connectivity index (χ1v) is 7.23. The van der Waals surface area contributed by atoms with Crippen molar-refractivity contribution in [3.63, 3.8) is 0 Å². The number of benzene rings is 1. The van der Waals surface area contributed by atoms with Gasteiger partial charge in [-0.3, -0.25) is 9.59 Å². The Labute approximate surface area is 126 Å². The summed E-state index contributed by atoms with van der Waals surface area (Å²) >= 11 is 0. The highest BCUT2D eigenvalue weighted by molar-refractivity contribution is 5.87. The van der Waals surface area contributed by atoms with Crippen LogP contribution in [-0.4, -0.2) is 36.4 Å². The molecule has 0 aliphatic rings. The lowest BCUT2D eigenvalue weighted by molar-refractivity contribution is -0.140. The van der Waals surface area contributed by atoms with Gasteiger partial charge in [-0.25, -0.2) is 0 Å². The van der Waals surface area contributed by atoms with Crippen molar-refractivity contribution in [2.24, 2.45) is 0 Å². The molecule has 0 heterocycles. The molecule has 0 aliphatic carbocycles. The van der Waals surface area contributed by atoms with Gasteiger partial charge in [0.05, 0.1) is 7.11 Å². The molecule has 0 aliphatic heterocycles. The van der Waals surface area contributed by atoms with Gasteiger partial charge in [0.25, 0.3) is 0 Å². The first kappa shape index (κ1) is 17.0. The van der Waals surface area contributed by atoms with Gasteiger partial charge < -0.3 is 15.0 Å². The second-order valence-corrected chi connectivity index (χ2v) is 4.79. The second-order valence-electron chi connectivity index (χ2n) is 4.79. The van der Waals surface area contributed by atoms with Gasteiger partial charge in [0.15, 0.2) is 0 Å². The van der Waals surface area contributed by atoms with E-state index >= 15 is 0 Å². The van der Waals surface area contributed by atoms with Crippen molar-refractivity contribution >= 4 is 11.8 Å². The van der Waals surface area contributed by atoms with Gasteiger partial charge in [-0.2, -0.15) is 0 Å². The maximum atomic E-state index is 12.1. The van der Waals surface area contributed by atoms with E-state index in [1.807, 2.05) is 31.2 Å². The monoisotopic (exact) mass is 292 g/mol. The SMILES string of the molecule is CCNC(=O)[C@@H](C)N(Cc1ccc(OC)cc1)C(=O)CC. The minimum atomic E-state index is -0.487. The summed E-state index contributed by atoms with van der Waals surface area (Å²) in [5.74, 6) is 0.598. The summed E-state index contributed by atoms with van der Waals surface area (Å²) in [6.45, 7) is 6.38. The number of methoxy groups -OCH3 is 1. The number of hydrogen-bond acceptors (Lipinski definition) is 3. The van der Waals surface area contributed by atoms with Gasteiger partial charge in [-0.05, 0) is 31.5 Å². The summed E-state index contributed by atoms with van der Waals surface area (Å²) in [6, 6.07) is 7.01. The molecule has 1 atom stereocenters. The van der Waals surface area contributed by atoms with Crippen LogP contribution in [0.1, 0.15) is 32.8 Å². The normalized spacial score (nSPS) is 11.6. The molecular formula is C16H24N2O3. The molecule has 0 bridgehead atoms. The van der Waals surface area contributed by atoms with Crippen molar-refractivity contribution in [1.82, 2.24) is 10.2 Å². The van der Waals surface area contributed by atoms with E-state index in [9.17, 15) is 9.59 Å². The molecule has 1 N–H and O–H groups in total. The third-order valence-electron chi connectivity index (χ3n) is 3.33. The molecule has 1 aromatic rings. The number of likely N-dealkylation sites (N-methyl/N-ethyl adjacent to an activating group) is 1. The average molecular weight is 292 g/mol. The van der Waals surface area contributed by atoms with Crippen LogP contribution in [0.3, 0.4) is 0 Å². The summed E-state index contributed by atoms with van der Waals surface area (Å²) in [5.41, 5.74) is 0.966. The van der Waals surface area contributed by atoms with Crippen molar-refractivity contribution in [2.45, 2.75) is 39.8 Å². The molecule has 116 valence electrons. The first-order valence-electron chi connectivity index (χ1n) is 7.23. The van der Waals surface area contributed by atoms with Crippen LogP contribution in [0.25, 0.3) is 0 Å². The topological polar surface area (TPSA) is 58.6 Å². The van der Waals surface area contributed by atoms with Gasteiger partial charge in [-0.15, -0.1) is 0 Å². The van der Waals surface area contributed by atoms with E-state index in [4.69, 9.17) is 4.74 Å². The number of nitrogens with zero attached hydrogens (tertiary/aromatic N) is 1. The number of hydrogen-bond donors (Lipinski definition) is 1. The zero-order chi connectivity index (χ0) is 15.8. The number of ether oxygens (including phenoxy) is 1. The predicted molar refractivity (Wildman–Crippen MR) is 82.0 cm³/mol. The second kappa shape index (κ2) is 8.29. The van der Waals surface area contributed by atoms with Gasteiger partial charge in [-0.1, -0.05) is 19.1 Å². The number of carbonyl (C=O) groups excluding carboxylic acids is 2. The van der Waals surface area contributed by atoms with Crippen molar-refractivity contribution in [1.29, 1.82) is 0 Å². The molecule has 0 saturated heterocycles. The fourth-order valence-electron chi connectivity index (χ4n) is 2.04. The highest BCUT2D eigenvalue weighted by Gasteiger charge is 2.24. The molecule has 0 radical (unpaired) electrons. The summed E-state index contributed by atoms with van der Waals surface area (Å²) in [7, 11) is 1.61. The van der Waals surface area contributed by atoms with Crippen LogP contribution in [0.15, 0.2) is 24.3 Å². The van der Waals surface area contributed by atoms with Crippen LogP contribution in [0.5, 0.6) is 5.75 Å². The molecule has 0 spiro atoms. The molecule has 1 rings (SSSR count). The van der Waals surface area contributed by atoms with Crippen molar-refractivity contribution in [2.75, 3.05) is 13.7 Å². The molecule has 0 unspecified atom stereocenters. The first-order chi connectivity index (χ1) is 10.0. The Morgan fingerprint density at radius 3 is 2.33 bits per heavy atom. The molecular weight excluding hydrogens is 268 g/mol. The predicted octanol–water partition coefficient (Wildman–Crippen LogP) is 1.96. The van der Waals surface area contributed by atoms with Crippen LogP contribution >= 0.6 is 0 Å². The zero-order valence-electron chi connectivity index (χ0n) is 13.2. The van der Waals surface area contributed by atoms with Crippen LogP contribution in [0, 0.1) is 0 Å². The van der Waals surface area contributed by atoms with Gasteiger partial charge in [0, 0.05) is 19.5 Å². The van der Waals surface area contributed by atoms with Crippen LogP contribution in [-0.2, 0) is 16.1 Å². The molecule has 5 nitrogen and oxygen atoms in total. The zero-order valence-corrected chi connectivity index (χ0v) is 13.2. The number of nitrogens with one attached hydrogen (secondary N) is 1. The van der Waals surface area contributed by atoms with Crippen molar-refractivity contribution in [3.8, 4) is 5.75 Å². The summed E-state index contributed by atoms with van der Waals surface area (Å²) < 4.78 is 5.12. The van der Waals surface area contributed by atoms with Crippen molar-refractivity contribution < 1.29 is 14.3 Å². The number of rotatable bonds is 7. The Morgan fingerprint density at radius 1 is 1.24 bits per heavy atom. The standard InChI is InChI=1S/C16H24N2O3/c1-5-15(19)18(12(3)16(20)17-6-2)11-13-7-9-14(21-4)10-8-13/h7-10,12H,5-6,11H2,1-4H3,(H,17,20)/t12-/m1/s1. The minimum absolute atomic E-state index is 0.0374. The molecule has 5 heteroatoms. The molecule has 0 fully saturated rings. The van der Waals surface area contributed by atoms with E-state index < -0.39 is 6.04 Å². The molecule has 0 saturated carbocycles. The fourth-order valence-corrected chi connectivity index (χ4v) is 2.04. The third-order valence-corrected chi connectivity index (χ3v) is 3.33. The highest BCUT2D eigenvalue weighted by Crippen LogP contribution is 2.15. The third kappa shape index (κ3) is 4.77. The molecule has 1 aromatic carbocycles. The summed E-state index contributed by atoms with van der Waals surface area (Å²) in [6.07, 6.45) is 0.375. The highest BCUT2D eigenvalue weighted by atomic mass is 16.5. The van der Waals surface area contributed by atoms with E-state index in [-0.39, 0.29) is 11.8 Å². The quantitative estimate of drug-likeness (QED) is 0.835. The Hall–Kier alpha value is -2.04. The van der Waals surface area contributed by atoms with Crippen LogP contribution < -0.4 is 10.1 Å².